The highest BCUT2D eigenvalue weighted by atomic mass is 35.5. The molecule has 25 heavy (non-hydrogen) atoms. The average molecular weight is 382 g/mol. The highest BCUT2D eigenvalue weighted by molar-refractivity contribution is 7.71. The van der Waals surface area contributed by atoms with Gasteiger partial charge in [0.25, 0.3) is 11.6 Å². The van der Waals surface area contributed by atoms with Crippen molar-refractivity contribution < 1.29 is 9.72 Å². The van der Waals surface area contributed by atoms with Crippen molar-refractivity contribution in [2.24, 2.45) is 7.05 Å². The lowest BCUT2D eigenvalue weighted by atomic mass is 9.95. The largest absolute Gasteiger partial charge is 0.338 e. The third-order valence-electron chi connectivity index (χ3n) is 4.45. The number of rotatable bonds is 3. The van der Waals surface area contributed by atoms with Crippen LogP contribution in [0.25, 0.3) is 0 Å². The van der Waals surface area contributed by atoms with Crippen molar-refractivity contribution in [2.75, 3.05) is 13.1 Å². The number of aromatic amines is 1. The second kappa shape index (κ2) is 6.93. The van der Waals surface area contributed by atoms with Crippen LogP contribution in [0.15, 0.2) is 18.2 Å². The van der Waals surface area contributed by atoms with Gasteiger partial charge in [-0.2, -0.15) is 5.10 Å². The molecule has 1 N–H and O–H groups in total. The number of benzene rings is 1. The first-order valence-corrected chi connectivity index (χ1v) is 8.51. The first-order chi connectivity index (χ1) is 11.9. The fourth-order valence-electron chi connectivity index (χ4n) is 3.07. The van der Waals surface area contributed by atoms with E-state index in [9.17, 15) is 14.9 Å². The zero-order valence-corrected chi connectivity index (χ0v) is 15.0. The summed E-state index contributed by atoms with van der Waals surface area (Å²) < 4.78 is 2.40. The van der Waals surface area contributed by atoms with Gasteiger partial charge in [-0.1, -0.05) is 11.6 Å². The van der Waals surface area contributed by atoms with Crippen LogP contribution in [-0.4, -0.2) is 43.6 Å². The van der Waals surface area contributed by atoms with E-state index in [1.165, 1.54) is 18.2 Å². The lowest BCUT2D eigenvalue weighted by Crippen LogP contribution is -2.38. The minimum Gasteiger partial charge on any atom is -0.338 e. The molecule has 0 spiro atoms. The van der Waals surface area contributed by atoms with Crippen LogP contribution >= 0.6 is 23.8 Å². The predicted octanol–water partition coefficient (Wildman–Crippen LogP) is 3.06. The molecule has 1 saturated heterocycles. The highest BCUT2D eigenvalue weighted by Crippen LogP contribution is 2.29. The first kappa shape index (κ1) is 17.6. The molecule has 0 unspecified atom stereocenters. The molecule has 1 fully saturated rings. The number of piperidine rings is 1. The van der Waals surface area contributed by atoms with Gasteiger partial charge in [-0.25, -0.2) is 0 Å². The van der Waals surface area contributed by atoms with E-state index in [0.29, 0.717) is 17.9 Å². The molecule has 1 amide bonds. The van der Waals surface area contributed by atoms with E-state index < -0.39 is 4.92 Å². The summed E-state index contributed by atoms with van der Waals surface area (Å²) in [7, 11) is 1.86. The number of nitro groups is 1. The summed E-state index contributed by atoms with van der Waals surface area (Å²) in [6.07, 6.45) is 1.45. The number of hydrogen-bond donors (Lipinski definition) is 1. The Balaban J connectivity index is 1.75. The maximum Gasteiger partial charge on any atom is 0.283 e. The quantitative estimate of drug-likeness (QED) is 0.500. The number of aromatic nitrogens is 3. The molecular weight excluding hydrogens is 366 g/mol. The zero-order chi connectivity index (χ0) is 18.1. The van der Waals surface area contributed by atoms with E-state index in [-0.39, 0.29) is 28.1 Å². The van der Waals surface area contributed by atoms with Crippen molar-refractivity contribution in [3.8, 4) is 0 Å². The molecule has 0 aliphatic carbocycles. The van der Waals surface area contributed by atoms with Crippen LogP contribution in [0.2, 0.25) is 5.02 Å². The third kappa shape index (κ3) is 3.42. The Bertz CT molecular complexity index is 886. The average Bonchev–Trinajstić information content (AvgIpc) is 2.93. The number of amides is 1. The van der Waals surface area contributed by atoms with Gasteiger partial charge in [0.05, 0.1) is 4.92 Å². The van der Waals surface area contributed by atoms with E-state index >= 15 is 0 Å². The lowest BCUT2D eigenvalue weighted by molar-refractivity contribution is -0.385. The Morgan fingerprint density at radius 3 is 2.68 bits per heavy atom. The molecule has 1 aliphatic heterocycles. The number of halogens is 1. The Morgan fingerprint density at radius 1 is 1.44 bits per heavy atom. The molecule has 132 valence electrons. The Morgan fingerprint density at radius 2 is 2.12 bits per heavy atom. The third-order valence-corrected chi connectivity index (χ3v) is 5.05. The number of carbonyl (C=O) groups excluding carboxylic acids is 1. The number of nitrogens with one attached hydrogen (secondary N) is 1. The second-order valence-corrected chi connectivity index (χ2v) is 6.75. The smallest absolute Gasteiger partial charge is 0.283 e. The van der Waals surface area contributed by atoms with Crippen molar-refractivity contribution in [3.05, 3.63) is 49.5 Å². The standard InChI is InChI=1S/C15H16ClN5O3S/c1-19-13(17-18-15(19)25)9-4-6-20(7-5-9)14(22)11-3-2-10(16)8-12(11)21(23)24/h2-3,8-9H,4-7H2,1H3,(H,18,25). The van der Waals surface area contributed by atoms with Crippen molar-refractivity contribution in [1.82, 2.24) is 19.7 Å². The van der Waals surface area contributed by atoms with E-state index in [1.807, 2.05) is 11.6 Å². The van der Waals surface area contributed by atoms with Crippen LogP contribution in [0, 0.1) is 14.9 Å². The van der Waals surface area contributed by atoms with Gasteiger partial charge >= 0.3 is 0 Å². The first-order valence-electron chi connectivity index (χ1n) is 7.73. The Labute approximate surface area is 153 Å². The molecule has 10 heteroatoms. The molecule has 2 aromatic rings. The predicted molar refractivity (Wildman–Crippen MR) is 94.4 cm³/mol. The van der Waals surface area contributed by atoms with Crippen molar-refractivity contribution in [1.29, 1.82) is 0 Å². The molecule has 1 aliphatic rings. The van der Waals surface area contributed by atoms with E-state index in [0.717, 1.165) is 18.7 Å². The zero-order valence-electron chi connectivity index (χ0n) is 13.4. The van der Waals surface area contributed by atoms with Crippen molar-refractivity contribution in [3.63, 3.8) is 0 Å². The normalized spacial score (nSPS) is 15.4. The van der Waals surface area contributed by atoms with Gasteiger partial charge in [0.1, 0.15) is 11.4 Å². The van der Waals surface area contributed by atoms with Crippen LogP contribution in [0.5, 0.6) is 0 Å². The number of H-pyrrole nitrogens is 1. The minimum atomic E-state index is -0.583. The number of likely N-dealkylation sites (tertiary alicyclic amines) is 1. The maximum atomic E-state index is 12.7. The number of nitrogens with zero attached hydrogens (tertiary/aromatic N) is 4. The fraction of sp³-hybridized carbons (Fsp3) is 0.400. The Kier molecular flexibility index (Phi) is 4.87. The van der Waals surface area contributed by atoms with Crippen molar-refractivity contribution >= 4 is 35.4 Å². The summed E-state index contributed by atoms with van der Waals surface area (Å²) in [6.45, 7) is 1.01. The van der Waals surface area contributed by atoms with Gasteiger partial charge in [-0.3, -0.25) is 20.0 Å². The lowest BCUT2D eigenvalue weighted by Gasteiger charge is -2.31. The highest BCUT2D eigenvalue weighted by Gasteiger charge is 2.30. The van der Waals surface area contributed by atoms with Crippen molar-refractivity contribution in [2.45, 2.75) is 18.8 Å². The van der Waals surface area contributed by atoms with Gasteiger partial charge in [0.2, 0.25) is 0 Å². The van der Waals surface area contributed by atoms with Crippen LogP contribution in [0.3, 0.4) is 0 Å². The molecule has 3 rings (SSSR count). The molecule has 0 saturated carbocycles. The molecule has 8 nitrogen and oxygen atoms in total. The summed E-state index contributed by atoms with van der Waals surface area (Å²) in [5, 5.41) is 18.4. The molecule has 1 aromatic heterocycles. The molecule has 0 radical (unpaired) electrons. The summed E-state index contributed by atoms with van der Waals surface area (Å²) in [5.74, 6) is 0.717. The monoisotopic (exact) mass is 381 g/mol. The van der Waals surface area contributed by atoms with E-state index in [4.69, 9.17) is 23.8 Å². The second-order valence-electron chi connectivity index (χ2n) is 5.93. The summed E-state index contributed by atoms with van der Waals surface area (Å²) in [4.78, 5) is 24.9. The molecule has 2 heterocycles. The summed E-state index contributed by atoms with van der Waals surface area (Å²) >= 11 is 10.9. The maximum absolute atomic E-state index is 12.7. The van der Waals surface area contributed by atoms with Gasteiger partial charge in [-0.15, -0.1) is 0 Å². The van der Waals surface area contributed by atoms with Crippen LogP contribution in [0.1, 0.15) is 34.9 Å². The van der Waals surface area contributed by atoms with Crippen LogP contribution in [-0.2, 0) is 7.05 Å². The summed E-state index contributed by atoms with van der Waals surface area (Å²) in [6, 6.07) is 4.10. The minimum absolute atomic E-state index is 0.0611. The molecular formula is C15H16ClN5O3S. The van der Waals surface area contributed by atoms with E-state index in [2.05, 4.69) is 10.2 Å². The molecule has 1 aromatic carbocycles. The van der Waals surface area contributed by atoms with E-state index in [1.54, 1.807) is 4.90 Å². The molecule has 0 bridgehead atoms. The summed E-state index contributed by atoms with van der Waals surface area (Å²) in [5.41, 5.74) is -0.208. The Hall–Kier alpha value is -2.26. The fourth-order valence-corrected chi connectivity index (χ4v) is 3.38. The van der Waals surface area contributed by atoms with Gasteiger partial charge in [-0.05, 0) is 37.2 Å². The van der Waals surface area contributed by atoms with Gasteiger partial charge < -0.3 is 9.47 Å². The van der Waals surface area contributed by atoms with Gasteiger partial charge in [0, 0.05) is 37.1 Å². The number of carbonyl (C=O) groups is 1. The number of hydrogen-bond acceptors (Lipinski definition) is 5. The molecule has 0 atom stereocenters. The van der Waals surface area contributed by atoms with Crippen LogP contribution < -0.4 is 0 Å². The number of nitro benzene ring substituents is 1. The topological polar surface area (TPSA) is 97.1 Å². The van der Waals surface area contributed by atoms with Gasteiger partial charge in [0.15, 0.2) is 4.77 Å². The SMILES string of the molecule is Cn1c(C2CCN(C(=O)c3ccc(Cl)cc3[N+](=O)[O-])CC2)n[nH]c1=S. The van der Waals surface area contributed by atoms with Crippen LogP contribution in [0.4, 0.5) is 5.69 Å².